The third-order valence-electron chi connectivity index (χ3n) is 2.23. The first-order valence-corrected chi connectivity index (χ1v) is 5.48. The second-order valence-corrected chi connectivity index (χ2v) is 3.51. The van der Waals surface area contributed by atoms with Crippen LogP contribution in [0.5, 0.6) is 0 Å². The van der Waals surface area contributed by atoms with E-state index in [1.165, 1.54) is 30.4 Å². The average Bonchev–Trinajstić information content (AvgIpc) is 2.25. The van der Waals surface area contributed by atoms with Crippen LogP contribution in [0.1, 0.15) is 45.1 Å². The van der Waals surface area contributed by atoms with Crippen molar-refractivity contribution in [2.75, 3.05) is 0 Å². The van der Waals surface area contributed by atoms with Gasteiger partial charge >= 0.3 is 0 Å². The summed E-state index contributed by atoms with van der Waals surface area (Å²) in [5.41, 5.74) is 2.73. The molecule has 0 saturated carbocycles. The third-order valence-corrected chi connectivity index (χ3v) is 2.23. The van der Waals surface area contributed by atoms with E-state index in [9.17, 15) is 0 Å². The minimum atomic E-state index is 1.16. The SMILES string of the molecule is CCC/C=C(\CCC)c1cccnc1. The highest BCUT2D eigenvalue weighted by atomic mass is 14.6. The zero-order chi connectivity index (χ0) is 10.2. The van der Waals surface area contributed by atoms with Crippen molar-refractivity contribution in [1.82, 2.24) is 4.98 Å². The third kappa shape index (κ3) is 3.33. The van der Waals surface area contributed by atoms with Crippen LogP contribution in [0.25, 0.3) is 5.57 Å². The van der Waals surface area contributed by atoms with E-state index >= 15 is 0 Å². The normalized spacial score (nSPS) is 11.7. The lowest BCUT2D eigenvalue weighted by atomic mass is 10.0. The minimum absolute atomic E-state index is 1.16. The smallest absolute Gasteiger partial charge is 0.0342 e. The lowest BCUT2D eigenvalue weighted by Gasteiger charge is -2.05. The Kier molecular flexibility index (Phi) is 4.98. The molecule has 1 nitrogen and oxygen atoms in total. The summed E-state index contributed by atoms with van der Waals surface area (Å²) in [7, 11) is 0. The number of allylic oxidation sites excluding steroid dienone is 2. The standard InChI is InChI=1S/C13H19N/c1-3-5-8-12(7-4-2)13-9-6-10-14-11-13/h6,8-11H,3-5,7H2,1-2H3/b12-8+. The van der Waals surface area contributed by atoms with Crippen molar-refractivity contribution in [1.29, 1.82) is 0 Å². The van der Waals surface area contributed by atoms with Crippen LogP contribution in [0.15, 0.2) is 30.6 Å². The number of unbranched alkanes of at least 4 members (excludes halogenated alkanes) is 1. The van der Waals surface area contributed by atoms with Crippen molar-refractivity contribution < 1.29 is 0 Å². The zero-order valence-electron chi connectivity index (χ0n) is 9.16. The molecule has 1 heterocycles. The summed E-state index contributed by atoms with van der Waals surface area (Å²) in [6.45, 7) is 4.43. The van der Waals surface area contributed by atoms with Crippen LogP contribution < -0.4 is 0 Å². The van der Waals surface area contributed by atoms with Crippen molar-refractivity contribution in [2.24, 2.45) is 0 Å². The maximum Gasteiger partial charge on any atom is 0.0342 e. The molecule has 76 valence electrons. The minimum Gasteiger partial charge on any atom is -0.264 e. The number of hydrogen-bond acceptors (Lipinski definition) is 1. The van der Waals surface area contributed by atoms with Gasteiger partial charge in [-0.2, -0.15) is 0 Å². The molecule has 0 aromatic carbocycles. The molecule has 0 saturated heterocycles. The molecular weight excluding hydrogens is 170 g/mol. The van der Waals surface area contributed by atoms with Gasteiger partial charge in [-0.25, -0.2) is 0 Å². The maximum absolute atomic E-state index is 4.16. The Morgan fingerprint density at radius 1 is 1.36 bits per heavy atom. The molecule has 0 fully saturated rings. The van der Waals surface area contributed by atoms with Crippen molar-refractivity contribution in [3.8, 4) is 0 Å². The quantitative estimate of drug-likeness (QED) is 0.680. The van der Waals surface area contributed by atoms with Crippen molar-refractivity contribution in [2.45, 2.75) is 39.5 Å². The second-order valence-electron chi connectivity index (χ2n) is 3.51. The predicted molar refractivity (Wildman–Crippen MR) is 62.0 cm³/mol. The summed E-state index contributed by atoms with van der Waals surface area (Å²) in [4.78, 5) is 4.16. The molecule has 14 heavy (non-hydrogen) atoms. The molecule has 0 aliphatic heterocycles. The molecule has 0 aliphatic rings. The second kappa shape index (κ2) is 6.36. The van der Waals surface area contributed by atoms with E-state index in [0.29, 0.717) is 0 Å². The van der Waals surface area contributed by atoms with Gasteiger partial charge in [-0.1, -0.05) is 38.8 Å². The van der Waals surface area contributed by atoms with Gasteiger partial charge < -0.3 is 0 Å². The van der Waals surface area contributed by atoms with Crippen LogP contribution in [0.3, 0.4) is 0 Å². The van der Waals surface area contributed by atoms with Crippen LogP contribution in [-0.2, 0) is 0 Å². The molecule has 0 N–H and O–H groups in total. The van der Waals surface area contributed by atoms with Gasteiger partial charge in [-0.3, -0.25) is 4.98 Å². The van der Waals surface area contributed by atoms with Crippen LogP contribution in [0.4, 0.5) is 0 Å². The molecule has 0 atom stereocenters. The Balaban J connectivity index is 2.77. The van der Waals surface area contributed by atoms with Gasteiger partial charge in [0, 0.05) is 12.4 Å². The molecule has 1 aromatic heterocycles. The Labute approximate surface area is 86.9 Å². The molecular formula is C13H19N. The van der Waals surface area contributed by atoms with Gasteiger partial charge in [0.2, 0.25) is 0 Å². The Hall–Kier alpha value is -1.11. The van der Waals surface area contributed by atoms with E-state index in [-0.39, 0.29) is 0 Å². The van der Waals surface area contributed by atoms with Gasteiger partial charge in [-0.05, 0) is 30.0 Å². The lowest BCUT2D eigenvalue weighted by Crippen LogP contribution is -1.85. The first kappa shape index (κ1) is 11.0. The van der Waals surface area contributed by atoms with Crippen molar-refractivity contribution >= 4 is 5.57 Å². The fraction of sp³-hybridized carbons (Fsp3) is 0.462. The summed E-state index contributed by atoms with van der Waals surface area (Å²) >= 11 is 0. The van der Waals surface area contributed by atoms with E-state index in [0.717, 1.165) is 6.42 Å². The molecule has 1 aromatic rings. The van der Waals surface area contributed by atoms with Crippen LogP contribution in [0.2, 0.25) is 0 Å². The highest BCUT2D eigenvalue weighted by Gasteiger charge is 1.98. The van der Waals surface area contributed by atoms with Crippen molar-refractivity contribution in [3.63, 3.8) is 0 Å². The largest absolute Gasteiger partial charge is 0.264 e. The number of nitrogens with zero attached hydrogens (tertiary/aromatic N) is 1. The molecule has 0 aliphatic carbocycles. The molecule has 1 heteroatoms. The topological polar surface area (TPSA) is 12.9 Å². The Morgan fingerprint density at radius 2 is 2.21 bits per heavy atom. The summed E-state index contributed by atoms with van der Waals surface area (Å²) in [6, 6.07) is 4.15. The molecule has 1 rings (SSSR count). The maximum atomic E-state index is 4.16. The number of aromatic nitrogens is 1. The van der Waals surface area contributed by atoms with Gasteiger partial charge in [0.25, 0.3) is 0 Å². The molecule has 0 unspecified atom stereocenters. The summed E-state index contributed by atoms with van der Waals surface area (Å²) in [6.07, 6.45) is 10.9. The first-order chi connectivity index (χ1) is 6.88. The highest BCUT2D eigenvalue weighted by Crippen LogP contribution is 2.19. The fourth-order valence-electron chi connectivity index (χ4n) is 1.50. The van der Waals surface area contributed by atoms with Gasteiger partial charge in [0.1, 0.15) is 0 Å². The Bertz CT molecular complexity index is 275. The van der Waals surface area contributed by atoms with E-state index in [2.05, 4.69) is 31.0 Å². The molecule has 0 spiro atoms. The monoisotopic (exact) mass is 189 g/mol. The number of pyridine rings is 1. The van der Waals surface area contributed by atoms with Gasteiger partial charge in [0.15, 0.2) is 0 Å². The summed E-state index contributed by atoms with van der Waals surface area (Å²) in [5, 5.41) is 0. The first-order valence-electron chi connectivity index (χ1n) is 5.48. The molecule has 0 radical (unpaired) electrons. The van der Waals surface area contributed by atoms with E-state index in [4.69, 9.17) is 0 Å². The van der Waals surface area contributed by atoms with Gasteiger partial charge in [0.05, 0.1) is 0 Å². The molecule has 0 amide bonds. The van der Waals surface area contributed by atoms with Crippen LogP contribution in [0, 0.1) is 0 Å². The van der Waals surface area contributed by atoms with Crippen LogP contribution in [-0.4, -0.2) is 4.98 Å². The summed E-state index contributed by atoms with van der Waals surface area (Å²) < 4.78 is 0. The highest BCUT2D eigenvalue weighted by molar-refractivity contribution is 5.64. The lowest BCUT2D eigenvalue weighted by molar-refractivity contribution is 0.932. The van der Waals surface area contributed by atoms with Crippen LogP contribution >= 0.6 is 0 Å². The molecule has 0 bridgehead atoms. The summed E-state index contributed by atoms with van der Waals surface area (Å²) in [5.74, 6) is 0. The number of rotatable bonds is 5. The Morgan fingerprint density at radius 3 is 2.79 bits per heavy atom. The van der Waals surface area contributed by atoms with Crippen molar-refractivity contribution in [3.05, 3.63) is 36.2 Å². The predicted octanol–water partition coefficient (Wildman–Crippen LogP) is 4.07. The van der Waals surface area contributed by atoms with E-state index < -0.39 is 0 Å². The fourth-order valence-corrected chi connectivity index (χ4v) is 1.50. The van der Waals surface area contributed by atoms with Gasteiger partial charge in [-0.15, -0.1) is 0 Å². The number of hydrogen-bond donors (Lipinski definition) is 0. The average molecular weight is 189 g/mol. The zero-order valence-corrected chi connectivity index (χ0v) is 9.16. The van der Waals surface area contributed by atoms with E-state index in [1.807, 2.05) is 18.5 Å². The van der Waals surface area contributed by atoms with E-state index in [1.54, 1.807) is 0 Å².